The fourth-order valence-corrected chi connectivity index (χ4v) is 1.78. The van der Waals surface area contributed by atoms with E-state index in [1.54, 1.807) is 0 Å². The maximum absolute atomic E-state index is 13.1. The predicted molar refractivity (Wildman–Crippen MR) is 57.2 cm³/mol. The fourth-order valence-electron chi connectivity index (χ4n) is 1.13. The summed E-state index contributed by atoms with van der Waals surface area (Å²) < 4.78 is 56.9. The van der Waals surface area contributed by atoms with E-state index in [1.807, 2.05) is 0 Å². The molecule has 0 heterocycles. The van der Waals surface area contributed by atoms with Crippen molar-refractivity contribution in [2.24, 2.45) is 0 Å². The molecule has 0 saturated heterocycles. The van der Waals surface area contributed by atoms with Gasteiger partial charge in [0.05, 0.1) is 6.26 Å². The zero-order chi connectivity index (χ0) is 13.1. The number of benzene rings is 1. The highest BCUT2D eigenvalue weighted by molar-refractivity contribution is 7.86. The number of halogens is 2. The van der Waals surface area contributed by atoms with Gasteiger partial charge in [-0.1, -0.05) is 6.07 Å². The second-order valence-electron chi connectivity index (χ2n) is 3.47. The minimum Gasteiger partial charge on any atom is -0.488 e. The van der Waals surface area contributed by atoms with E-state index < -0.39 is 27.9 Å². The van der Waals surface area contributed by atoms with Gasteiger partial charge in [-0.25, -0.2) is 4.39 Å². The SMILES string of the molecule is CC(COc1cccc(F)c1F)OS(C)(=O)=O. The van der Waals surface area contributed by atoms with Crippen LogP contribution in [0.25, 0.3) is 0 Å². The van der Waals surface area contributed by atoms with Crippen molar-refractivity contribution in [2.45, 2.75) is 13.0 Å². The van der Waals surface area contributed by atoms with Gasteiger partial charge in [-0.15, -0.1) is 0 Å². The van der Waals surface area contributed by atoms with Crippen molar-refractivity contribution in [3.05, 3.63) is 29.8 Å². The van der Waals surface area contributed by atoms with Crippen LogP contribution in [0.4, 0.5) is 8.78 Å². The highest BCUT2D eigenvalue weighted by Gasteiger charge is 2.13. The lowest BCUT2D eigenvalue weighted by molar-refractivity contribution is 0.146. The van der Waals surface area contributed by atoms with Crippen molar-refractivity contribution in [2.75, 3.05) is 12.9 Å². The van der Waals surface area contributed by atoms with Crippen molar-refractivity contribution in [3.8, 4) is 5.75 Å². The Bertz CT molecular complexity index is 487. The minimum atomic E-state index is -3.59. The molecule has 17 heavy (non-hydrogen) atoms. The molecule has 0 aliphatic carbocycles. The van der Waals surface area contributed by atoms with Crippen LogP contribution in [-0.2, 0) is 14.3 Å². The van der Waals surface area contributed by atoms with Crippen LogP contribution in [0.5, 0.6) is 5.75 Å². The van der Waals surface area contributed by atoms with Gasteiger partial charge in [0.15, 0.2) is 11.6 Å². The fraction of sp³-hybridized carbons (Fsp3) is 0.400. The summed E-state index contributed by atoms with van der Waals surface area (Å²) in [4.78, 5) is 0. The Labute approximate surface area is 98.3 Å². The summed E-state index contributed by atoms with van der Waals surface area (Å²) in [7, 11) is -3.59. The maximum Gasteiger partial charge on any atom is 0.264 e. The van der Waals surface area contributed by atoms with Crippen molar-refractivity contribution in [1.82, 2.24) is 0 Å². The molecule has 4 nitrogen and oxygen atoms in total. The topological polar surface area (TPSA) is 52.6 Å². The van der Waals surface area contributed by atoms with Crippen LogP contribution >= 0.6 is 0 Å². The van der Waals surface area contributed by atoms with E-state index >= 15 is 0 Å². The van der Waals surface area contributed by atoms with E-state index in [9.17, 15) is 17.2 Å². The molecule has 1 atom stereocenters. The molecule has 0 aliphatic rings. The zero-order valence-corrected chi connectivity index (χ0v) is 10.1. The molecule has 0 aromatic heterocycles. The molecule has 0 radical (unpaired) electrons. The molecule has 0 aliphatic heterocycles. The van der Waals surface area contributed by atoms with Crippen molar-refractivity contribution in [3.63, 3.8) is 0 Å². The van der Waals surface area contributed by atoms with Crippen LogP contribution in [0.3, 0.4) is 0 Å². The maximum atomic E-state index is 13.1. The van der Waals surface area contributed by atoms with Crippen LogP contribution in [0.15, 0.2) is 18.2 Å². The number of hydrogen-bond donors (Lipinski definition) is 0. The van der Waals surface area contributed by atoms with Crippen molar-refractivity contribution >= 4 is 10.1 Å². The van der Waals surface area contributed by atoms with Gasteiger partial charge in [0.2, 0.25) is 5.82 Å². The Morgan fingerprint density at radius 3 is 2.59 bits per heavy atom. The summed E-state index contributed by atoms with van der Waals surface area (Å²) in [5.41, 5.74) is 0. The van der Waals surface area contributed by atoms with Gasteiger partial charge in [0.25, 0.3) is 10.1 Å². The third-order valence-corrected chi connectivity index (χ3v) is 2.41. The molecule has 0 fully saturated rings. The lowest BCUT2D eigenvalue weighted by Gasteiger charge is -2.13. The van der Waals surface area contributed by atoms with Gasteiger partial charge in [-0.05, 0) is 19.1 Å². The highest BCUT2D eigenvalue weighted by Crippen LogP contribution is 2.19. The molecule has 0 amide bonds. The first kappa shape index (κ1) is 13.9. The Balaban J connectivity index is 2.59. The first-order valence-electron chi connectivity index (χ1n) is 4.74. The average molecular weight is 266 g/mol. The normalized spacial score (nSPS) is 13.4. The van der Waals surface area contributed by atoms with Crippen LogP contribution in [-0.4, -0.2) is 27.4 Å². The molecular weight excluding hydrogens is 254 g/mol. The van der Waals surface area contributed by atoms with E-state index in [-0.39, 0.29) is 12.4 Å². The summed E-state index contributed by atoms with van der Waals surface area (Å²) >= 11 is 0. The van der Waals surface area contributed by atoms with Crippen molar-refractivity contribution in [1.29, 1.82) is 0 Å². The molecule has 0 bridgehead atoms. The third kappa shape index (κ3) is 4.66. The molecule has 1 rings (SSSR count). The summed E-state index contributed by atoms with van der Waals surface area (Å²) in [6.45, 7) is 1.24. The van der Waals surface area contributed by atoms with E-state index in [0.717, 1.165) is 12.3 Å². The highest BCUT2D eigenvalue weighted by atomic mass is 32.2. The second kappa shape index (κ2) is 5.42. The van der Waals surface area contributed by atoms with Gasteiger partial charge in [0, 0.05) is 0 Å². The van der Waals surface area contributed by atoms with Gasteiger partial charge in [-0.3, -0.25) is 4.18 Å². The third-order valence-electron chi connectivity index (χ3n) is 1.73. The van der Waals surface area contributed by atoms with E-state index in [2.05, 4.69) is 4.18 Å². The summed E-state index contributed by atoms with van der Waals surface area (Å²) in [6.07, 6.45) is 0.111. The molecule has 0 spiro atoms. The molecule has 0 N–H and O–H groups in total. The van der Waals surface area contributed by atoms with E-state index in [1.165, 1.54) is 19.1 Å². The Hall–Kier alpha value is -1.21. The predicted octanol–water partition coefficient (Wildman–Crippen LogP) is 1.71. The molecule has 0 saturated carbocycles. The molecule has 1 unspecified atom stereocenters. The van der Waals surface area contributed by atoms with Crippen LogP contribution in [0.1, 0.15) is 6.92 Å². The number of rotatable bonds is 5. The lowest BCUT2D eigenvalue weighted by atomic mass is 10.3. The Kier molecular flexibility index (Phi) is 4.41. The largest absolute Gasteiger partial charge is 0.488 e. The van der Waals surface area contributed by atoms with Gasteiger partial charge < -0.3 is 4.74 Å². The standard InChI is InChI=1S/C10H12F2O4S/c1-7(16-17(2,13)14)6-15-9-5-3-4-8(11)10(9)12/h3-5,7H,6H2,1-2H3. The van der Waals surface area contributed by atoms with E-state index in [4.69, 9.17) is 4.74 Å². The van der Waals surface area contributed by atoms with Crippen LogP contribution in [0, 0.1) is 11.6 Å². The van der Waals surface area contributed by atoms with Gasteiger partial charge >= 0.3 is 0 Å². The van der Waals surface area contributed by atoms with Gasteiger partial charge in [-0.2, -0.15) is 12.8 Å². The van der Waals surface area contributed by atoms with Crippen LogP contribution < -0.4 is 4.74 Å². The van der Waals surface area contributed by atoms with E-state index in [0.29, 0.717) is 0 Å². The first-order valence-corrected chi connectivity index (χ1v) is 6.56. The molecule has 7 heteroatoms. The molecule has 1 aromatic carbocycles. The smallest absolute Gasteiger partial charge is 0.264 e. The quantitative estimate of drug-likeness (QED) is 0.761. The summed E-state index contributed by atoms with van der Waals surface area (Å²) in [6, 6.07) is 3.49. The first-order chi connectivity index (χ1) is 7.79. The number of hydrogen-bond acceptors (Lipinski definition) is 4. The molecule has 96 valence electrons. The molecule has 1 aromatic rings. The lowest BCUT2D eigenvalue weighted by Crippen LogP contribution is -2.21. The van der Waals surface area contributed by atoms with Gasteiger partial charge in [0.1, 0.15) is 12.7 Å². The number of ether oxygens (including phenoxy) is 1. The summed E-state index contributed by atoms with van der Waals surface area (Å²) in [5.74, 6) is -2.42. The van der Waals surface area contributed by atoms with Crippen molar-refractivity contribution < 1.29 is 26.1 Å². The Morgan fingerprint density at radius 2 is 2.00 bits per heavy atom. The average Bonchev–Trinajstić information content (AvgIpc) is 2.18. The minimum absolute atomic E-state index is 0.201. The monoisotopic (exact) mass is 266 g/mol. The Morgan fingerprint density at radius 1 is 1.35 bits per heavy atom. The van der Waals surface area contributed by atoms with Crippen LogP contribution in [0.2, 0.25) is 0 Å². The summed E-state index contributed by atoms with van der Waals surface area (Å²) in [5, 5.41) is 0. The zero-order valence-electron chi connectivity index (χ0n) is 9.31. The second-order valence-corrected chi connectivity index (χ2v) is 5.07. The molecular formula is C10H12F2O4S.